The van der Waals surface area contributed by atoms with Gasteiger partial charge < -0.3 is 10.6 Å². The maximum Gasteiger partial charge on any atom is 0.259 e. The normalized spacial score (nSPS) is 10.5. The van der Waals surface area contributed by atoms with Gasteiger partial charge in [0.15, 0.2) is 0 Å². The van der Waals surface area contributed by atoms with E-state index < -0.39 is 0 Å². The molecule has 110 valence electrons. The highest BCUT2D eigenvalue weighted by atomic mass is 79.9. The second-order valence-electron chi connectivity index (χ2n) is 5.00. The van der Waals surface area contributed by atoms with Gasteiger partial charge in [-0.15, -0.1) is 0 Å². The van der Waals surface area contributed by atoms with Crippen LogP contribution in [0.5, 0.6) is 0 Å². The number of carbonyl (C=O) groups is 1. The maximum atomic E-state index is 12.5. The molecular weight excluding hydrogens is 330 g/mol. The van der Waals surface area contributed by atoms with Crippen molar-refractivity contribution in [2.75, 3.05) is 17.7 Å². The first-order valence-electron chi connectivity index (χ1n) is 6.76. The monoisotopic (exact) mass is 347 g/mol. The molecule has 0 aliphatic rings. The molecule has 4 nitrogen and oxygen atoms in total. The molecule has 0 radical (unpaired) electrons. The van der Waals surface area contributed by atoms with Crippen molar-refractivity contribution in [3.05, 3.63) is 52.1 Å². The van der Waals surface area contributed by atoms with Crippen LogP contribution >= 0.6 is 15.9 Å². The van der Waals surface area contributed by atoms with Crippen LogP contribution in [0.2, 0.25) is 0 Å². The lowest BCUT2D eigenvalue weighted by molar-refractivity contribution is 0.102. The van der Waals surface area contributed by atoms with Gasteiger partial charge in [-0.2, -0.15) is 0 Å². The number of anilines is 2. The van der Waals surface area contributed by atoms with E-state index in [9.17, 15) is 4.79 Å². The SMILES string of the molecule is CNc1ncc(Br)cc1C(=O)Nc1ccccc1C(C)C. The minimum atomic E-state index is -0.179. The van der Waals surface area contributed by atoms with E-state index in [0.717, 1.165) is 15.7 Å². The van der Waals surface area contributed by atoms with Gasteiger partial charge in [-0.25, -0.2) is 4.98 Å². The van der Waals surface area contributed by atoms with E-state index in [1.165, 1.54) is 0 Å². The van der Waals surface area contributed by atoms with Crippen molar-refractivity contribution in [1.29, 1.82) is 0 Å². The Morgan fingerprint density at radius 2 is 2.00 bits per heavy atom. The van der Waals surface area contributed by atoms with E-state index in [4.69, 9.17) is 0 Å². The maximum absolute atomic E-state index is 12.5. The van der Waals surface area contributed by atoms with Gasteiger partial charge in [-0.05, 0) is 39.5 Å². The predicted octanol–water partition coefficient (Wildman–Crippen LogP) is 4.26. The van der Waals surface area contributed by atoms with Crippen LogP contribution in [-0.2, 0) is 0 Å². The molecule has 0 saturated heterocycles. The van der Waals surface area contributed by atoms with Crippen LogP contribution in [0, 0.1) is 0 Å². The van der Waals surface area contributed by atoms with Crippen molar-refractivity contribution in [2.45, 2.75) is 19.8 Å². The van der Waals surface area contributed by atoms with Crippen LogP contribution < -0.4 is 10.6 Å². The molecule has 0 fully saturated rings. The second kappa shape index (κ2) is 6.72. The zero-order chi connectivity index (χ0) is 15.4. The zero-order valence-corrected chi connectivity index (χ0v) is 13.9. The summed E-state index contributed by atoms with van der Waals surface area (Å²) in [4.78, 5) is 16.7. The quantitative estimate of drug-likeness (QED) is 0.868. The Morgan fingerprint density at radius 1 is 1.29 bits per heavy atom. The highest BCUT2D eigenvalue weighted by Gasteiger charge is 2.15. The number of halogens is 1. The van der Waals surface area contributed by atoms with Gasteiger partial charge in [0, 0.05) is 23.4 Å². The van der Waals surface area contributed by atoms with Crippen molar-refractivity contribution in [2.24, 2.45) is 0 Å². The molecule has 0 aliphatic carbocycles. The Kier molecular flexibility index (Phi) is 4.96. The first-order chi connectivity index (χ1) is 10.0. The van der Waals surface area contributed by atoms with E-state index >= 15 is 0 Å². The Hall–Kier alpha value is -1.88. The number of pyridine rings is 1. The number of rotatable bonds is 4. The van der Waals surface area contributed by atoms with E-state index in [-0.39, 0.29) is 5.91 Å². The highest BCUT2D eigenvalue weighted by Crippen LogP contribution is 2.25. The third-order valence-corrected chi connectivity index (χ3v) is 3.60. The first-order valence-corrected chi connectivity index (χ1v) is 7.55. The Morgan fingerprint density at radius 3 is 2.67 bits per heavy atom. The lowest BCUT2D eigenvalue weighted by Crippen LogP contribution is -2.16. The number of amides is 1. The van der Waals surface area contributed by atoms with E-state index in [2.05, 4.69) is 45.4 Å². The molecule has 1 aromatic carbocycles. The minimum absolute atomic E-state index is 0.179. The Labute approximate surface area is 133 Å². The van der Waals surface area contributed by atoms with Crippen molar-refractivity contribution >= 4 is 33.3 Å². The lowest BCUT2D eigenvalue weighted by atomic mass is 10.0. The van der Waals surface area contributed by atoms with E-state index in [1.54, 1.807) is 19.3 Å². The zero-order valence-electron chi connectivity index (χ0n) is 12.3. The molecule has 0 aliphatic heterocycles. The number of hydrogen-bond donors (Lipinski definition) is 2. The summed E-state index contributed by atoms with van der Waals surface area (Å²) in [5.41, 5.74) is 2.45. The van der Waals surface area contributed by atoms with Crippen molar-refractivity contribution in [3.63, 3.8) is 0 Å². The van der Waals surface area contributed by atoms with Crippen molar-refractivity contribution in [3.8, 4) is 0 Å². The molecule has 0 unspecified atom stereocenters. The number of carbonyl (C=O) groups excluding carboxylic acids is 1. The molecule has 2 aromatic rings. The second-order valence-corrected chi connectivity index (χ2v) is 5.91. The third-order valence-electron chi connectivity index (χ3n) is 3.17. The molecule has 5 heteroatoms. The summed E-state index contributed by atoms with van der Waals surface area (Å²) >= 11 is 3.35. The highest BCUT2D eigenvalue weighted by molar-refractivity contribution is 9.10. The van der Waals surface area contributed by atoms with Gasteiger partial charge in [0.2, 0.25) is 0 Å². The molecule has 1 aromatic heterocycles. The molecular formula is C16H18BrN3O. The fourth-order valence-corrected chi connectivity index (χ4v) is 2.45. The predicted molar refractivity (Wildman–Crippen MR) is 90.0 cm³/mol. The third kappa shape index (κ3) is 3.61. The largest absolute Gasteiger partial charge is 0.372 e. The van der Waals surface area contributed by atoms with Crippen molar-refractivity contribution < 1.29 is 4.79 Å². The van der Waals surface area contributed by atoms with Gasteiger partial charge >= 0.3 is 0 Å². The van der Waals surface area contributed by atoms with Crippen LogP contribution in [0.1, 0.15) is 35.7 Å². The standard InChI is InChI=1S/C16H18BrN3O/c1-10(2)12-6-4-5-7-14(12)20-16(21)13-8-11(17)9-19-15(13)18-3/h4-10H,1-3H3,(H,18,19)(H,20,21). The Balaban J connectivity index is 2.33. The minimum Gasteiger partial charge on any atom is -0.372 e. The van der Waals surface area contributed by atoms with Gasteiger partial charge in [0.1, 0.15) is 5.82 Å². The summed E-state index contributed by atoms with van der Waals surface area (Å²) < 4.78 is 0.767. The summed E-state index contributed by atoms with van der Waals surface area (Å²) in [6, 6.07) is 9.59. The summed E-state index contributed by atoms with van der Waals surface area (Å²) in [6.07, 6.45) is 1.66. The molecule has 1 amide bonds. The van der Waals surface area contributed by atoms with Crippen LogP contribution in [0.15, 0.2) is 41.0 Å². The number of nitrogens with zero attached hydrogens (tertiary/aromatic N) is 1. The molecule has 0 spiro atoms. The van der Waals surface area contributed by atoms with E-state index in [1.807, 2.05) is 24.3 Å². The molecule has 2 N–H and O–H groups in total. The smallest absolute Gasteiger partial charge is 0.259 e. The average Bonchev–Trinajstić information content (AvgIpc) is 2.47. The van der Waals surface area contributed by atoms with Gasteiger partial charge in [0.05, 0.1) is 5.56 Å². The van der Waals surface area contributed by atoms with Gasteiger partial charge in [-0.1, -0.05) is 32.0 Å². The molecule has 2 rings (SSSR count). The van der Waals surface area contributed by atoms with Crippen molar-refractivity contribution in [1.82, 2.24) is 4.98 Å². The lowest BCUT2D eigenvalue weighted by Gasteiger charge is -2.14. The van der Waals surface area contributed by atoms with Crippen LogP contribution in [0.4, 0.5) is 11.5 Å². The summed E-state index contributed by atoms with van der Waals surface area (Å²) in [7, 11) is 1.75. The molecule has 21 heavy (non-hydrogen) atoms. The number of benzene rings is 1. The van der Waals surface area contributed by atoms with Gasteiger partial charge in [-0.3, -0.25) is 4.79 Å². The van der Waals surface area contributed by atoms with E-state index in [0.29, 0.717) is 17.3 Å². The Bertz CT molecular complexity index is 656. The summed E-state index contributed by atoms with van der Waals surface area (Å²) in [5.74, 6) is 0.713. The van der Waals surface area contributed by atoms with Gasteiger partial charge in [0.25, 0.3) is 5.91 Å². The topological polar surface area (TPSA) is 54.0 Å². The fourth-order valence-electron chi connectivity index (χ4n) is 2.12. The molecule has 0 saturated carbocycles. The van der Waals surface area contributed by atoms with Crippen LogP contribution in [0.3, 0.4) is 0 Å². The van der Waals surface area contributed by atoms with Crippen LogP contribution in [0.25, 0.3) is 0 Å². The molecule has 0 atom stereocenters. The molecule has 0 bridgehead atoms. The summed E-state index contributed by atoms with van der Waals surface area (Å²) in [5, 5.41) is 5.90. The fraction of sp³-hybridized carbons (Fsp3) is 0.250. The number of hydrogen-bond acceptors (Lipinski definition) is 3. The average molecular weight is 348 g/mol. The molecule has 1 heterocycles. The van der Waals surface area contributed by atoms with Crippen LogP contribution in [-0.4, -0.2) is 17.9 Å². The first kappa shape index (κ1) is 15.5. The number of nitrogens with one attached hydrogen (secondary N) is 2. The summed E-state index contributed by atoms with van der Waals surface area (Å²) in [6.45, 7) is 4.20. The number of aromatic nitrogens is 1. The number of para-hydroxylation sites is 1.